The van der Waals surface area contributed by atoms with E-state index in [0.717, 1.165) is 72.8 Å². The van der Waals surface area contributed by atoms with E-state index in [1.807, 2.05) is 18.2 Å². The first kappa shape index (κ1) is 30.2. The molecule has 1 heterocycles. The minimum absolute atomic E-state index is 0.273. The Labute approximate surface area is 249 Å². The van der Waals surface area contributed by atoms with Crippen molar-refractivity contribution in [1.29, 1.82) is 0 Å². The molecule has 0 radical (unpaired) electrons. The highest BCUT2D eigenvalue weighted by molar-refractivity contribution is 5.63. The van der Waals surface area contributed by atoms with E-state index in [0.29, 0.717) is 31.8 Å². The van der Waals surface area contributed by atoms with Gasteiger partial charge in [-0.1, -0.05) is 18.6 Å². The quantitative estimate of drug-likeness (QED) is 0.254. The summed E-state index contributed by atoms with van der Waals surface area (Å²) in [6.45, 7) is 4.08. The number of nitrogens with zero attached hydrogens (tertiary/aromatic N) is 1. The Balaban J connectivity index is 1.39. The van der Waals surface area contributed by atoms with Gasteiger partial charge in [-0.15, -0.1) is 0 Å². The summed E-state index contributed by atoms with van der Waals surface area (Å²) in [5.74, 6) is 1.86. The maximum Gasteiger partial charge on any atom is 0.165 e. The van der Waals surface area contributed by atoms with Gasteiger partial charge < -0.3 is 24.7 Å². The van der Waals surface area contributed by atoms with Gasteiger partial charge in [0.1, 0.15) is 18.1 Å². The van der Waals surface area contributed by atoms with E-state index in [1.54, 1.807) is 33.5 Å². The minimum Gasteiger partial charge on any atom is -0.497 e. The molecule has 0 spiro atoms. The molecule has 5 rings (SSSR count). The van der Waals surface area contributed by atoms with Gasteiger partial charge in [-0.3, -0.25) is 4.90 Å². The van der Waals surface area contributed by atoms with Gasteiger partial charge in [0, 0.05) is 37.4 Å². The first-order valence-corrected chi connectivity index (χ1v) is 15.3. The lowest BCUT2D eigenvalue weighted by Gasteiger charge is -2.30. The molecule has 1 fully saturated rings. The summed E-state index contributed by atoms with van der Waals surface area (Å²) in [5.41, 5.74) is 14.4. The molecule has 3 aromatic carbocycles. The molecule has 1 aliphatic heterocycles. The summed E-state index contributed by atoms with van der Waals surface area (Å²) in [4.78, 5) is 2.39. The fraction of sp³-hybridized carbons (Fsp3) is 0.486. The number of aryl methyl sites for hydroxylation is 1. The van der Waals surface area contributed by atoms with E-state index >= 15 is 4.39 Å². The van der Waals surface area contributed by atoms with Gasteiger partial charge in [-0.25, -0.2) is 4.39 Å². The Bertz CT molecular complexity index is 1360. The van der Waals surface area contributed by atoms with E-state index < -0.39 is 0 Å². The van der Waals surface area contributed by atoms with Crippen LogP contribution in [0.25, 0.3) is 0 Å². The van der Waals surface area contributed by atoms with Crippen LogP contribution in [0.15, 0.2) is 42.5 Å². The molecule has 2 N–H and O–H groups in total. The zero-order valence-corrected chi connectivity index (χ0v) is 25.3. The summed E-state index contributed by atoms with van der Waals surface area (Å²) in [7, 11) is 5.09. The van der Waals surface area contributed by atoms with Crippen molar-refractivity contribution in [3.8, 4) is 17.2 Å². The standard InChI is InChI=1S/C35H45FN2O4/c1-39-17-13-29-30(19-24-7-12-33(31(36)20-24)42-18-16-38-14-5-4-6-15-38)34(41-3)23-32(37)35(29)27-9-8-26-22-28(40-2)11-10-25(26)21-27/h7,10-12,20,22-23,27H,4-6,8-9,13-19,21,37H2,1-3H3. The van der Waals surface area contributed by atoms with Crippen LogP contribution in [0.4, 0.5) is 10.1 Å². The average Bonchev–Trinajstić information content (AvgIpc) is 3.01. The lowest BCUT2D eigenvalue weighted by atomic mass is 9.76. The van der Waals surface area contributed by atoms with E-state index in [9.17, 15) is 0 Å². The number of fused-ring (bicyclic) bond motifs is 1. The fourth-order valence-corrected chi connectivity index (χ4v) is 6.69. The number of anilines is 1. The van der Waals surface area contributed by atoms with E-state index in [1.165, 1.54) is 36.0 Å². The molecule has 0 bridgehead atoms. The summed E-state index contributed by atoms with van der Waals surface area (Å²) in [6, 6.07) is 13.6. The van der Waals surface area contributed by atoms with Crippen LogP contribution < -0.4 is 19.9 Å². The molecule has 2 aliphatic rings. The monoisotopic (exact) mass is 576 g/mol. The number of rotatable bonds is 12. The third-order valence-electron chi connectivity index (χ3n) is 8.90. The minimum atomic E-state index is -0.335. The maximum absolute atomic E-state index is 15.2. The van der Waals surface area contributed by atoms with Crippen LogP contribution in [0.5, 0.6) is 17.2 Å². The van der Waals surface area contributed by atoms with E-state index in [2.05, 4.69) is 17.0 Å². The van der Waals surface area contributed by atoms with Gasteiger partial charge in [0.25, 0.3) is 0 Å². The zero-order chi connectivity index (χ0) is 29.5. The second-order valence-corrected chi connectivity index (χ2v) is 11.5. The van der Waals surface area contributed by atoms with Crippen LogP contribution in [0.3, 0.4) is 0 Å². The van der Waals surface area contributed by atoms with Crippen molar-refractivity contribution in [3.63, 3.8) is 0 Å². The van der Waals surface area contributed by atoms with Gasteiger partial charge in [0.05, 0.1) is 20.8 Å². The van der Waals surface area contributed by atoms with Crippen molar-refractivity contribution in [1.82, 2.24) is 4.90 Å². The molecule has 0 aromatic heterocycles. The van der Waals surface area contributed by atoms with E-state index in [4.69, 9.17) is 24.7 Å². The Hall–Kier alpha value is -3.29. The highest BCUT2D eigenvalue weighted by atomic mass is 19.1. The first-order chi connectivity index (χ1) is 20.5. The summed E-state index contributed by atoms with van der Waals surface area (Å²) in [6.07, 6.45) is 7.86. The number of likely N-dealkylation sites (tertiary alicyclic amines) is 1. The average molecular weight is 577 g/mol. The number of methoxy groups -OCH3 is 3. The molecule has 1 atom stereocenters. The fourth-order valence-electron chi connectivity index (χ4n) is 6.69. The molecule has 7 heteroatoms. The normalized spacial score (nSPS) is 17.1. The van der Waals surface area contributed by atoms with Crippen LogP contribution in [0.2, 0.25) is 0 Å². The molecule has 1 aliphatic carbocycles. The van der Waals surface area contributed by atoms with Crippen LogP contribution in [0.1, 0.15) is 65.0 Å². The molecule has 1 saturated heterocycles. The first-order valence-electron chi connectivity index (χ1n) is 15.3. The Morgan fingerprint density at radius 2 is 1.71 bits per heavy atom. The van der Waals surface area contributed by atoms with Crippen LogP contribution in [-0.4, -0.2) is 59.1 Å². The van der Waals surface area contributed by atoms with Gasteiger partial charge in [-0.05, 0) is 110 Å². The number of ether oxygens (including phenoxy) is 4. The SMILES string of the molecule is COCCc1c(Cc2ccc(OCCN3CCCCC3)c(F)c2)c(OC)cc(N)c1C1CCc2cc(OC)ccc2C1. The molecule has 0 saturated carbocycles. The molecular formula is C35H45FN2O4. The maximum atomic E-state index is 15.2. The molecule has 226 valence electrons. The molecule has 0 amide bonds. The van der Waals surface area contributed by atoms with Crippen molar-refractivity contribution in [2.45, 2.75) is 57.3 Å². The van der Waals surface area contributed by atoms with Crippen molar-refractivity contribution in [2.75, 3.05) is 59.9 Å². The summed E-state index contributed by atoms with van der Waals surface area (Å²) in [5, 5.41) is 0. The van der Waals surface area contributed by atoms with E-state index in [-0.39, 0.29) is 11.7 Å². The van der Waals surface area contributed by atoms with Crippen LogP contribution >= 0.6 is 0 Å². The number of piperidine rings is 1. The lowest BCUT2D eigenvalue weighted by Crippen LogP contribution is -2.33. The topological polar surface area (TPSA) is 66.2 Å². The predicted octanol–water partition coefficient (Wildman–Crippen LogP) is 6.34. The summed E-state index contributed by atoms with van der Waals surface area (Å²) < 4.78 is 37.9. The second-order valence-electron chi connectivity index (χ2n) is 11.5. The van der Waals surface area contributed by atoms with Crippen molar-refractivity contribution in [2.24, 2.45) is 0 Å². The predicted molar refractivity (Wildman–Crippen MR) is 166 cm³/mol. The molecule has 6 nitrogen and oxygen atoms in total. The number of hydrogen-bond acceptors (Lipinski definition) is 6. The van der Waals surface area contributed by atoms with Gasteiger partial charge in [0.2, 0.25) is 0 Å². The largest absolute Gasteiger partial charge is 0.497 e. The number of nitrogen functional groups attached to an aromatic ring is 1. The zero-order valence-electron chi connectivity index (χ0n) is 25.3. The number of halogens is 1. The van der Waals surface area contributed by atoms with Gasteiger partial charge >= 0.3 is 0 Å². The van der Waals surface area contributed by atoms with Crippen molar-refractivity contribution in [3.05, 3.63) is 81.7 Å². The molecular weight excluding hydrogens is 531 g/mol. The van der Waals surface area contributed by atoms with Crippen LogP contribution in [-0.2, 0) is 30.4 Å². The molecule has 42 heavy (non-hydrogen) atoms. The van der Waals surface area contributed by atoms with Gasteiger partial charge in [-0.2, -0.15) is 0 Å². The Morgan fingerprint density at radius 3 is 2.45 bits per heavy atom. The van der Waals surface area contributed by atoms with Crippen molar-refractivity contribution >= 4 is 5.69 Å². The second kappa shape index (κ2) is 14.3. The highest BCUT2D eigenvalue weighted by Crippen LogP contribution is 2.42. The molecule has 1 unspecified atom stereocenters. The van der Waals surface area contributed by atoms with Gasteiger partial charge in [0.15, 0.2) is 11.6 Å². The highest BCUT2D eigenvalue weighted by Gasteiger charge is 2.28. The number of hydrogen-bond donors (Lipinski definition) is 1. The smallest absolute Gasteiger partial charge is 0.165 e. The Morgan fingerprint density at radius 1 is 0.881 bits per heavy atom. The third-order valence-corrected chi connectivity index (χ3v) is 8.90. The number of nitrogens with two attached hydrogens (primary N) is 1. The summed E-state index contributed by atoms with van der Waals surface area (Å²) >= 11 is 0. The number of benzene rings is 3. The molecule has 3 aromatic rings. The Kier molecular flexibility index (Phi) is 10.2. The lowest BCUT2D eigenvalue weighted by molar-refractivity contribution is 0.180. The van der Waals surface area contributed by atoms with Crippen molar-refractivity contribution < 1.29 is 23.3 Å². The third kappa shape index (κ3) is 7.01. The van der Waals surface area contributed by atoms with Crippen LogP contribution in [0, 0.1) is 5.82 Å².